The molecule has 7 heteroatoms. The van der Waals surface area contributed by atoms with Crippen molar-refractivity contribution >= 4 is 40.1 Å². The molecule has 1 amide bonds. The largest absolute Gasteiger partial charge is 0.464 e. The van der Waals surface area contributed by atoms with Crippen LogP contribution in [0, 0.1) is 5.92 Å². The number of carbonyl (C=O) groups excluding carboxylic acids is 2. The Morgan fingerprint density at radius 3 is 2.76 bits per heavy atom. The second kappa shape index (κ2) is 7.45. The van der Waals surface area contributed by atoms with Gasteiger partial charge in [0.1, 0.15) is 5.69 Å². The van der Waals surface area contributed by atoms with Crippen molar-refractivity contribution in [1.82, 2.24) is 4.98 Å². The van der Waals surface area contributed by atoms with E-state index in [0.29, 0.717) is 22.6 Å². The Morgan fingerprint density at radius 1 is 1.36 bits per heavy atom. The van der Waals surface area contributed by atoms with Crippen LogP contribution in [0.5, 0.6) is 0 Å². The van der Waals surface area contributed by atoms with Crippen molar-refractivity contribution in [3.05, 3.63) is 28.9 Å². The average Bonchev–Trinajstić information content (AvgIpc) is 2.94. The van der Waals surface area contributed by atoms with Crippen LogP contribution in [0.3, 0.4) is 0 Å². The van der Waals surface area contributed by atoms with Crippen LogP contribution >= 0.6 is 11.6 Å². The summed E-state index contributed by atoms with van der Waals surface area (Å²) in [5.41, 5.74) is 1.38. The lowest BCUT2D eigenvalue weighted by atomic mass is 9.99. The summed E-state index contributed by atoms with van der Waals surface area (Å²) in [6, 6.07) is 5.23. The minimum atomic E-state index is -0.526. The van der Waals surface area contributed by atoms with E-state index in [1.54, 1.807) is 18.2 Å². The van der Waals surface area contributed by atoms with Gasteiger partial charge < -0.3 is 19.9 Å². The minimum absolute atomic E-state index is 0.115. The van der Waals surface area contributed by atoms with Crippen LogP contribution in [0.1, 0.15) is 30.3 Å². The molecule has 1 aliphatic rings. The van der Waals surface area contributed by atoms with Gasteiger partial charge in [0, 0.05) is 15.9 Å². The number of methoxy groups -OCH3 is 1. The zero-order valence-electron chi connectivity index (χ0n) is 14.4. The summed E-state index contributed by atoms with van der Waals surface area (Å²) >= 11 is 6.07. The van der Waals surface area contributed by atoms with E-state index in [0.717, 1.165) is 37.4 Å². The molecule has 3 rings (SSSR count). The van der Waals surface area contributed by atoms with Crippen molar-refractivity contribution < 1.29 is 19.2 Å². The molecule has 25 heavy (non-hydrogen) atoms. The van der Waals surface area contributed by atoms with Gasteiger partial charge in [-0.05, 0) is 37.0 Å². The van der Waals surface area contributed by atoms with Crippen molar-refractivity contribution in [2.45, 2.75) is 19.8 Å². The zero-order chi connectivity index (χ0) is 18.0. The van der Waals surface area contributed by atoms with E-state index in [-0.39, 0.29) is 11.6 Å². The molecule has 1 aliphatic heterocycles. The smallest absolute Gasteiger partial charge is 0.356 e. The number of likely N-dealkylation sites (tertiary alicyclic amines) is 1. The second-order valence-electron chi connectivity index (χ2n) is 6.71. The molecular formula is C18H23ClN3O3+. The van der Waals surface area contributed by atoms with Crippen LogP contribution < -0.4 is 10.2 Å². The van der Waals surface area contributed by atoms with Gasteiger partial charge >= 0.3 is 5.97 Å². The number of fused-ring (bicyclic) bond motifs is 1. The molecular weight excluding hydrogens is 342 g/mol. The van der Waals surface area contributed by atoms with E-state index in [2.05, 4.69) is 17.2 Å². The second-order valence-corrected chi connectivity index (χ2v) is 7.15. The Labute approximate surface area is 151 Å². The monoisotopic (exact) mass is 364 g/mol. The van der Waals surface area contributed by atoms with Gasteiger partial charge in [-0.3, -0.25) is 4.79 Å². The lowest BCUT2D eigenvalue weighted by Gasteiger charge is -2.26. The topological polar surface area (TPSA) is 75.6 Å². The molecule has 6 nitrogen and oxygen atoms in total. The maximum absolute atomic E-state index is 12.5. The fraction of sp³-hybridized carbons (Fsp3) is 0.444. The van der Waals surface area contributed by atoms with Crippen molar-refractivity contribution in [1.29, 1.82) is 0 Å². The highest BCUT2D eigenvalue weighted by Crippen LogP contribution is 2.30. The number of hydrogen-bond acceptors (Lipinski definition) is 3. The van der Waals surface area contributed by atoms with Gasteiger partial charge in [0.25, 0.3) is 5.91 Å². The predicted molar refractivity (Wildman–Crippen MR) is 97.2 cm³/mol. The number of benzene rings is 1. The first-order valence-corrected chi connectivity index (χ1v) is 8.88. The molecule has 1 fully saturated rings. The standard InChI is InChI=1S/C18H22ClN3O3/c1-11-5-7-22(8-6-11)10-15(23)21-16-13-9-12(19)3-4-14(13)20-17(16)18(24)25-2/h3-4,9,11,20H,5-8,10H2,1-2H3,(H,21,23)/p+1. The van der Waals surface area contributed by atoms with Gasteiger partial charge in [-0.25, -0.2) is 4.79 Å². The van der Waals surface area contributed by atoms with E-state index in [4.69, 9.17) is 16.3 Å². The number of carbonyl (C=O) groups is 2. The lowest BCUT2D eigenvalue weighted by Crippen LogP contribution is -3.14. The van der Waals surface area contributed by atoms with E-state index in [9.17, 15) is 9.59 Å². The van der Waals surface area contributed by atoms with Crippen LogP contribution in [0.4, 0.5) is 5.69 Å². The Kier molecular flexibility index (Phi) is 5.30. The summed E-state index contributed by atoms with van der Waals surface area (Å²) in [4.78, 5) is 28.8. The number of ether oxygens (including phenoxy) is 1. The van der Waals surface area contributed by atoms with E-state index in [1.165, 1.54) is 12.0 Å². The Morgan fingerprint density at radius 2 is 2.08 bits per heavy atom. The van der Waals surface area contributed by atoms with Gasteiger partial charge in [0.2, 0.25) is 0 Å². The number of amides is 1. The molecule has 3 N–H and O–H groups in total. The van der Waals surface area contributed by atoms with Gasteiger partial charge in [-0.2, -0.15) is 0 Å². The molecule has 0 spiro atoms. The lowest BCUT2D eigenvalue weighted by molar-refractivity contribution is -0.897. The van der Waals surface area contributed by atoms with Gasteiger partial charge in [-0.15, -0.1) is 0 Å². The summed E-state index contributed by atoms with van der Waals surface area (Å²) in [6.07, 6.45) is 2.28. The Hall–Kier alpha value is -2.05. The van der Waals surface area contributed by atoms with Gasteiger partial charge in [0.05, 0.1) is 25.9 Å². The van der Waals surface area contributed by atoms with Crippen LogP contribution in [0.25, 0.3) is 10.9 Å². The highest BCUT2D eigenvalue weighted by Gasteiger charge is 2.24. The molecule has 0 radical (unpaired) electrons. The maximum atomic E-state index is 12.5. The number of H-pyrrole nitrogens is 1. The number of hydrogen-bond donors (Lipinski definition) is 3. The van der Waals surface area contributed by atoms with Crippen LogP contribution in [-0.2, 0) is 9.53 Å². The molecule has 2 aromatic rings. The van der Waals surface area contributed by atoms with Gasteiger partial charge in [0.15, 0.2) is 6.54 Å². The highest BCUT2D eigenvalue weighted by atomic mass is 35.5. The average molecular weight is 365 g/mol. The molecule has 0 atom stereocenters. The normalized spacial score (nSPS) is 20.4. The number of anilines is 1. The first-order valence-electron chi connectivity index (χ1n) is 8.51. The highest BCUT2D eigenvalue weighted by molar-refractivity contribution is 6.31. The van der Waals surface area contributed by atoms with E-state index in [1.807, 2.05) is 0 Å². The summed E-state index contributed by atoms with van der Waals surface area (Å²) in [6.45, 7) is 4.63. The number of piperidine rings is 1. The van der Waals surface area contributed by atoms with Crippen molar-refractivity contribution in [3.63, 3.8) is 0 Å². The number of quaternary nitrogens is 1. The molecule has 1 aromatic carbocycles. The van der Waals surface area contributed by atoms with Crippen LogP contribution in [0.15, 0.2) is 18.2 Å². The number of esters is 1. The molecule has 1 aromatic heterocycles. The third-order valence-corrected chi connectivity index (χ3v) is 5.04. The van der Waals surface area contributed by atoms with Crippen molar-refractivity contribution in [3.8, 4) is 0 Å². The third kappa shape index (κ3) is 3.96. The number of nitrogens with one attached hydrogen (secondary N) is 3. The van der Waals surface area contributed by atoms with Crippen LogP contribution in [-0.4, -0.2) is 43.6 Å². The number of aromatic amines is 1. The summed E-state index contributed by atoms with van der Waals surface area (Å²) in [5, 5.41) is 4.12. The molecule has 0 bridgehead atoms. The number of halogens is 1. The van der Waals surface area contributed by atoms with Gasteiger partial charge in [-0.1, -0.05) is 18.5 Å². The molecule has 0 saturated carbocycles. The van der Waals surface area contributed by atoms with Crippen molar-refractivity contribution in [2.75, 3.05) is 32.1 Å². The quantitative estimate of drug-likeness (QED) is 0.725. The summed E-state index contributed by atoms with van der Waals surface area (Å²) in [7, 11) is 1.31. The van der Waals surface area contributed by atoms with Crippen LogP contribution in [0.2, 0.25) is 5.02 Å². The molecule has 1 saturated heterocycles. The number of rotatable bonds is 4. The van der Waals surface area contributed by atoms with E-state index < -0.39 is 5.97 Å². The fourth-order valence-electron chi connectivity index (χ4n) is 3.31. The first-order chi connectivity index (χ1) is 12.0. The van der Waals surface area contributed by atoms with Crippen molar-refractivity contribution in [2.24, 2.45) is 5.92 Å². The van der Waals surface area contributed by atoms with E-state index >= 15 is 0 Å². The fourth-order valence-corrected chi connectivity index (χ4v) is 3.48. The Balaban J connectivity index is 1.82. The SMILES string of the molecule is COC(=O)c1[nH]c2ccc(Cl)cc2c1NC(=O)C[NH+]1CCC(C)CC1. The predicted octanol–water partition coefficient (Wildman–Crippen LogP) is 1.86. The Bertz CT molecular complexity index is 794. The molecule has 0 aliphatic carbocycles. The third-order valence-electron chi connectivity index (χ3n) is 4.81. The molecule has 134 valence electrons. The molecule has 0 unspecified atom stereocenters. The summed E-state index contributed by atoms with van der Waals surface area (Å²) < 4.78 is 4.82. The zero-order valence-corrected chi connectivity index (χ0v) is 15.2. The maximum Gasteiger partial charge on any atom is 0.356 e. The first kappa shape index (κ1) is 17.8. The number of aromatic nitrogens is 1. The minimum Gasteiger partial charge on any atom is -0.464 e. The summed E-state index contributed by atoms with van der Waals surface area (Å²) in [5.74, 6) is 0.0887. The molecule has 2 heterocycles.